The van der Waals surface area contributed by atoms with Crippen molar-refractivity contribution in [2.45, 2.75) is 46.6 Å². The van der Waals surface area contributed by atoms with Crippen LogP contribution in [0.3, 0.4) is 0 Å². The minimum atomic E-state index is -0.335. The maximum absolute atomic E-state index is 12.4. The summed E-state index contributed by atoms with van der Waals surface area (Å²) in [6.07, 6.45) is 1.66. The average Bonchev–Trinajstić information content (AvgIpc) is 2.93. The molecule has 0 aliphatic carbocycles. The molecule has 0 aromatic carbocycles. The van der Waals surface area contributed by atoms with E-state index in [2.05, 4.69) is 27.1 Å². The second-order valence-electron chi connectivity index (χ2n) is 6.34. The first-order valence-corrected chi connectivity index (χ1v) is 9.78. The Labute approximate surface area is 156 Å². The Morgan fingerprint density at radius 2 is 2.12 bits per heavy atom. The Balaban J connectivity index is 2.15. The van der Waals surface area contributed by atoms with E-state index >= 15 is 0 Å². The van der Waals surface area contributed by atoms with Crippen LogP contribution in [0.4, 0.5) is 5.82 Å². The van der Waals surface area contributed by atoms with Gasteiger partial charge in [-0.3, -0.25) is 4.79 Å². The largest absolute Gasteiger partial charge is 0.462 e. The third-order valence-electron chi connectivity index (χ3n) is 4.51. The Morgan fingerprint density at radius 1 is 1.35 bits per heavy atom. The van der Waals surface area contributed by atoms with E-state index in [1.54, 1.807) is 6.92 Å². The molecule has 140 valence electrons. The van der Waals surface area contributed by atoms with Gasteiger partial charge in [-0.1, -0.05) is 13.3 Å². The molecule has 7 nitrogen and oxygen atoms in total. The van der Waals surface area contributed by atoms with Crippen molar-refractivity contribution in [2.75, 3.05) is 24.6 Å². The number of piperazine rings is 1. The van der Waals surface area contributed by atoms with Crippen molar-refractivity contribution in [2.24, 2.45) is 0 Å². The molecule has 1 atom stereocenters. The Hall–Kier alpha value is -2.22. The molecule has 0 radical (unpaired) electrons. The zero-order valence-electron chi connectivity index (χ0n) is 15.6. The number of carbonyl (C=O) groups is 2. The fourth-order valence-corrected chi connectivity index (χ4v) is 4.46. The van der Waals surface area contributed by atoms with E-state index in [0.29, 0.717) is 30.4 Å². The molecule has 1 amide bonds. The van der Waals surface area contributed by atoms with Gasteiger partial charge >= 0.3 is 5.97 Å². The van der Waals surface area contributed by atoms with E-state index in [1.807, 2.05) is 13.8 Å². The van der Waals surface area contributed by atoms with Crippen LogP contribution in [0.5, 0.6) is 0 Å². The van der Waals surface area contributed by atoms with Gasteiger partial charge in [-0.2, -0.15) is 0 Å². The number of thiophene rings is 1. The van der Waals surface area contributed by atoms with Crippen molar-refractivity contribution in [3.8, 4) is 0 Å². The third-order valence-corrected chi connectivity index (χ3v) is 5.67. The van der Waals surface area contributed by atoms with Crippen molar-refractivity contribution in [3.63, 3.8) is 0 Å². The minimum Gasteiger partial charge on any atom is -0.462 e. The molecular weight excluding hydrogens is 352 g/mol. The molecule has 0 spiro atoms. The number of esters is 1. The van der Waals surface area contributed by atoms with Crippen LogP contribution in [0.25, 0.3) is 10.2 Å². The van der Waals surface area contributed by atoms with Gasteiger partial charge in [0, 0.05) is 13.1 Å². The number of hydrogen-bond donors (Lipinski definition) is 1. The van der Waals surface area contributed by atoms with E-state index in [0.717, 1.165) is 34.4 Å². The molecule has 1 aliphatic rings. The second kappa shape index (κ2) is 7.57. The Morgan fingerprint density at radius 3 is 2.81 bits per heavy atom. The number of amides is 1. The van der Waals surface area contributed by atoms with Gasteiger partial charge in [-0.25, -0.2) is 14.8 Å². The second-order valence-corrected chi connectivity index (χ2v) is 7.34. The van der Waals surface area contributed by atoms with Gasteiger partial charge < -0.3 is 15.0 Å². The monoisotopic (exact) mass is 376 g/mol. The minimum absolute atomic E-state index is 0.0287. The third kappa shape index (κ3) is 3.25. The van der Waals surface area contributed by atoms with Crippen LogP contribution < -0.4 is 10.2 Å². The van der Waals surface area contributed by atoms with Crippen LogP contribution in [0, 0.1) is 13.8 Å². The fourth-order valence-electron chi connectivity index (χ4n) is 3.35. The summed E-state index contributed by atoms with van der Waals surface area (Å²) < 4.78 is 5.18. The number of nitrogens with one attached hydrogen (secondary N) is 1. The number of anilines is 1. The summed E-state index contributed by atoms with van der Waals surface area (Å²) in [4.78, 5) is 37.2. The first-order valence-electron chi connectivity index (χ1n) is 8.97. The fraction of sp³-hybridized carbons (Fsp3) is 0.556. The highest BCUT2D eigenvalue weighted by Gasteiger charge is 2.32. The summed E-state index contributed by atoms with van der Waals surface area (Å²) >= 11 is 1.33. The van der Waals surface area contributed by atoms with E-state index in [1.165, 1.54) is 11.3 Å². The highest BCUT2D eigenvalue weighted by Crippen LogP contribution is 2.37. The first kappa shape index (κ1) is 18.6. The predicted octanol–water partition coefficient (Wildman–Crippen LogP) is 2.59. The van der Waals surface area contributed by atoms with Crippen molar-refractivity contribution in [1.29, 1.82) is 0 Å². The predicted molar refractivity (Wildman–Crippen MR) is 102 cm³/mol. The van der Waals surface area contributed by atoms with Gasteiger partial charge in [0.05, 0.1) is 12.0 Å². The lowest BCUT2D eigenvalue weighted by molar-refractivity contribution is -0.123. The highest BCUT2D eigenvalue weighted by molar-refractivity contribution is 7.20. The van der Waals surface area contributed by atoms with E-state index in [-0.39, 0.29) is 17.9 Å². The van der Waals surface area contributed by atoms with Gasteiger partial charge in [0.25, 0.3) is 0 Å². The number of aryl methyl sites for hydroxylation is 2. The molecule has 1 N–H and O–H groups in total. The maximum atomic E-state index is 12.4. The van der Waals surface area contributed by atoms with Crippen molar-refractivity contribution < 1.29 is 14.3 Å². The molecule has 2 aromatic heterocycles. The molecule has 1 fully saturated rings. The van der Waals surface area contributed by atoms with Gasteiger partial charge in [0.15, 0.2) is 0 Å². The quantitative estimate of drug-likeness (QED) is 0.808. The molecule has 3 rings (SSSR count). The normalized spacial score (nSPS) is 17.5. The Kier molecular flexibility index (Phi) is 5.41. The number of fused-ring (bicyclic) bond motifs is 1. The zero-order chi connectivity index (χ0) is 18.8. The lowest BCUT2D eigenvalue weighted by Crippen LogP contribution is -2.55. The maximum Gasteiger partial charge on any atom is 0.348 e. The number of hydrogen-bond acceptors (Lipinski definition) is 7. The molecule has 0 saturated carbocycles. The summed E-state index contributed by atoms with van der Waals surface area (Å²) in [5.41, 5.74) is 0.819. The molecule has 26 heavy (non-hydrogen) atoms. The molecule has 0 bridgehead atoms. The van der Waals surface area contributed by atoms with E-state index < -0.39 is 0 Å². The summed E-state index contributed by atoms with van der Waals surface area (Å²) in [5.74, 6) is 1.06. The molecular formula is C18H24N4O3S. The molecule has 1 unspecified atom stereocenters. The van der Waals surface area contributed by atoms with Crippen LogP contribution in [0.15, 0.2) is 0 Å². The van der Waals surface area contributed by atoms with Gasteiger partial charge in [0.1, 0.15) is 27.4 Å². The number of aromatic nitrogens is 2. The molecule has 1 saturated heterocycles. The Bertz CT molecular complexity index is 849. The lowest BCUT2D eigenvalue weighted by atomic mass is 10.1. The van der Waals surface area contributed by atoms with E-state index in [9.17, 15) is 9.59 Å². The first-order chi connectivity index (χ1) is 12.5. The van der Waals surface area contributed by atoms with Gasteiger partial charge in [-0.15, -0.1) is 11.3 Å². The van der Waals surface area contributed by atoms with Crippen LogP contribution in [-0.2, 0) is 9.53 Å². The average molecular weight is 376 g/mol. The summed E-state index contributed by atoms with van der Waals surface area (Å²) in [6, 6.07) is -0.253. The molecule has 1 aliphatic heterocycles. The van der Waals surface area contributed by atoms with Crippen LogP contribution in [0.1, 0.15) is 47.7 Å². The van der Waals surface area contributed by atoms with Gasteiger partial charge in [0.2, 0.25) is 5.91 Å². The number of rotatable bonds is 5. The van der Waals surface area contributed by atoms with Crippen molar-refractivity contribution in [3.05, 3.63) is 16.3 Å². The summed E-state index contributed by atoms with van der Waals surface area (Å²) in [6.45, 7) is 9.18. The summed E-state index contributed by atoms with van der Waals surface area (Å²) in [5, 5.41) is 3.79. The van der Waals surface area contributed by atoms with Crippen LogP contribution in [0.2, 0.25) is 0 Å². The zero-order valence-corrected chi connectivity index (χ0v) is 16.4. The number of ether oxygens (including phenoxy) is 1. The number of carbonyl (C=O) groups excluding carboxylic acids is 2. The number of nitrogens with zero attached hydrogens (tertiary/aromatic N) is 3. The molecule has 2 aromatic rings. The lowest BCUT2D eigenvalue weighted by Gasteiger charge is -2.36. The van der Waals surface area contributed by atoms with Gasteiger partial charge in [-0.05, 0) is 32.8 Å². The van der Waals surface area contributed by atoms with E-state index in [4.69, 9.17) is 4.74 Å². The highest BCUT2D eigenvalue weighted by atomic mass is 32.1. The standard InChI is InChI=1S/C18H24N4O3S/c1-5-7-12-16(23)19-8-9-22(12)15-13-10(3)14(18(24)25-6-2)26-17(13)21-11(4)20-15/h12H,5-9H2,1-4H3,(H,19,23). The molecule has 3 heterocycles. The van der Waals surface area contributed by atoms with Crippen molar-refractivity contribution in [1.82, 2.24) is 15.3 Å². The van der Waals surface area contributed by atoms with Crippen molar-refractivity contribution >= 4 is 39.2 Å². The van der Waals surface area contributed by atoms with Crippen LogP contribution >= 0.6 is 11.3 Å². The topological polar surface area (TPSA) is 84.4 Å². The van der Waals surface area contributed by atoms with Crippen LogP contribution in [-0.4, -0.2) is 47.6 Å². The SMILES string of the molecule is CCCC1C(=O)NCCN1c1nc(C)nc2sc(C(=O)OCC)c(C)c12. The smallest absolute Gasteiger partial charge is 0.348 e. The molecule has 8 heteroatoms. The summed E-state index contributed by atoms with van der Waals surface area (Å²) in [7, 11) is 0.